The molecule has 0 aliphatic rings. The summed E-state index contributed by atoms with van der Waals surface area (Å²) in [5.74, 6) is 2.23. The van der Waals surface area contributed by atoms with Gasteiger partial charge >= 0.3 is 14.2 Å². The first-order chi connectivity index (χ1) is 7.13. The summed E-state index contributed by atoms with van der Waals surface area (Å²) in [6, 6.07) is 0. The van der Waals surface area contributed by atoms with Crippen molar-refractivity contribution in [2.75, 3.05) is 6.61 Å². The molecule has 0 rings (SSSR count). The van der Waals surface area contributed by atoms with Crippen LogP contribution in [-0.4, -0.2) is 42.3 Å². The quantitative estimate of drug-likeness (QED) is 0.199. The molecule has 0 aliphatic heterocycles. The maximum atomic E-state index is 9.04. The van der Waals surface area contributed by atoms with Gasteiger partial charge in [0.25, 0.3) is 0 Å². The van der Waals surface area contributed by atoms with Crippen LogP contribution in [0.1, 0.15) is 6.42 Å². The van der Waals surface area contributed by atoms with E-state index in [1.165, 1.54) is 0 Å². The van der Waals surface area contributed by atoms with Crippen molar-refractivity contribution in [3.05, 3.63) is 25.1 Å². The topological polar surface area (TPSA) is 88.4 Å². The molecular weight excluding hydrogens is 202 g/mol. The van der Waals surface area contributed by atoms with E-state index in [9.17, 15) is 0 Å². The van der Waals surface area contributed by atoms with E-state index in [4.69, 9.17) is 19.8 Å². The molecule has 0 bridgehead atoms. The Bertz CT molecular complexity index is 190. The van der Waals surface area contributed by atoms with Crippen molar-refractivity contribution in [3.63, 3.8) is 0 Å². The van der Waals surface area contributed by atoms with Crippen molar-refractivity contribution in [2.24, 2.45) is 0 Å². The first-order valence-corrected chi connectivity index (χ1v) is 4.33. The lowest BCUT2D eigenvalue weighted by Crippen LogP contribution is -2.30. The molecular formula is C7H14B2O6. The lowest BCUT2D eigenvalue weighted by Gasteiger charge is -2.17. The van der Waals surface area contributed by atoms with Crippen molar-refractivity contribution < 1.29 is 29.5 Å². The van der Waals surface area contributed by atoms with Gasteiger partial charge in [0.05, 0.1) is 0 Å². The van der Waals surface area contributed by atoms with E-state index in [1.807, 2.05) is 0 Å². The summed E-state index contributed by atoms with van der Waals surface area (Å²) in [6.45, 7) is 6.32. The molecule has 0 heterocycles. The van der Waals surface area contributed by atoms with E-state index >= 15 is 0 Å². The Kier molecular flexibility index (Phi) is 8.30. The second kappa shape index (κ2) is 8.66. The van der Waals surface area contributed by atoms with Gasteiger partial charge in [0.15, 0.2) is 6.29 Å². The Morgan fingerprint density at radius 2 is 1.80 bits per heavy atom. The molecule has 84 valence electrons. The maximum absolute atomic E-state index is 9.04. The fraction of sp³-hybridized carbons (Fsp3) is 0.429. The van der Waals surface area contributed by atoms with Gasteiger partial charge in [0.2, 0.25) is 0 Å². The van der Waals surface area contributed by atoms with Gasteiger partial charge in [0.1, 0.15) is 0 Å². The third-order valence-electron chi connectivity index (χ3n) is 1.32. The first kappa shape index (κ1) is 14.4. The lowest BCUT2D eigenvalue weighted by atomic mass is 9.92. The molecule has 0 aromatic rings. The lowest BCUT2D eigenvalue weighted by molar-refractivity contribution is -0.312. The van der Waals surface area contributed by atoms with Crippen LogP contribution in [0.3, 0.4) is 0 Å². The van der Waals surface area contributed by atoms with Crippen molar-refractivity contribution in [1.82, 2.24) is 0 Å². The smallest absolute Gasteiger partial charge is 0.423 e. The molecule has 0 radical (unpaired) electrons. The zero-order valence-corrected chi connectivity index (χ0v) is 8.28. The normalized spacial score (nSPS) is 11.9. The molecule has 1 unspecified atom stereocenters. The van der Waals surface area contributed by atoms with E-state index in [0.29, 0.717) is 0 Å². The van der Waals surface area contributed by atoms with Gasteiger partial charge in [-0.3, -0.25) is 4.81 Å². The molecule has 3 N–H and O–H groups in total. The summed E-state index contributed by atoms with van der Waals surface area (Å²) in [7, 11) is -2.53. The van der Waals surface area contributed by atoms with Gasteiger partial charge in [0, 0.05) is 13.0 Å². The number of aliphatic hydroxyl groups excluding tert-OH is 1. The van der Waals surface area contributed by atoms with Gasteiger partial charge in [-0.15, -0.1) is 13.2 Å². The predicted molar refractivity (Wildman–Crippen MR) is 55.1 cm³/mol. The number of aliphatic hydroxyl groups is 1. The van der Waals surface area contributed by atoms with Crippen molar-refractivity contribution in [3.8, 4) is 0 Å². The predicted octanol–water partition coefficient (Wildman–Crippen LogP) is -0.929. The molecule has 0 aromatic carbocycles. The van der Waals surface area contributed by atoms with Crippen LogP contribution in [0.5, 0.6) is 0 Å². The third kappa shape index (κ3) is 7.32. The largest absolute Gasteiger partial charge is 0.515 e. The average Bonchev–Trinajstić information content (AvgIpc) is 2.25. The molecule has 1 atom stereocenters. The van der Waals surface area contributed by atoms with E-state index in [1.54, 1.807) is 0 Å². The van der Waals surface area contributed by atoms with E-state index < -0.39 is 20.5 Å². The van der Waals surface area contributed by atoms with Crippen molar-refractivity contribution >= 4 is 14.2 Å². The van der Waals surface area contributed by atoms with Crippen LogP contribution in [0.4, 0.5) is 0 Å². The van der Waals surface area contributed by atoms with Crippen LogP contribution in [0, 0.1) is 0 Å². The first-order valence-electron chi connectivity index (χ1n) is 4.33. The Hall–Kier alpha value is -0.630. The van der Waals surface area contributed by atoms with Crippen LogP contribution < -0.4 is 0 Å². The highest BCUT2D eigenvalue weighted by Gasteiger charge is 2.19. The molecule has 0 saturated heterocycles. The summed E-state index contributed by atoms with van der Waals surface area (Å²) in [5.41, 5.74) is 0. The molecule has 0 aliphatic carbocycles. The summed E-state index contributed by atoms with van der Waals surface area (Å²) >= 11 is 0. The van der Waals surface area contributed by atoms with Crippen LogP contribution in [0.2, 0.25) is 0 Å². The van der Waals surface area contributed by atoms with Gasteiger partial charge in [-0.1, -0.05) is 12.0 Å². The second-order valence-electron chi connectivity index (χ2n) is 2.52. The van der Waals surface area contributed by atoms with E-state index in [-0.39, 0.29) is 13.0 Å². The third-order valence-corrected chi connectivity index (χ3v) is 1.32. The van der Waals surface area contributed by atoms with Crippen LogP contribution in [-0.2, 0) is 14.3 Å². The highest BCUT2D eigenvalue weighted by atomic mass is 17.2. The minimum atomic E-state index is -1.30. The molecule has 6 nitrogen and oxygen atoms in total. The summed E-state index contributed by atoms with van der Waals surface area (Å²) in [4.78, 5) is 9.00. The van der Waals surface area contributed by atoms with Gasteiger partial charge in [-0.25, -0.2) is 4.89 Å². The van der Waals surface area contributed by atoms with Crippen molar-refractivity contribution in [1.29, 1.82) is 0 Å². The van der Waals surface area contributed by atoms with E-state index in [2.05, 4.69) is 22.9 Å². The monoisotopic (exact) mass is 216 g/mol. The highest BCUT2D eigenvalue weighted by molar-refractivity contribution is 6.49. The molecule has 0 spiro atoms. The average molecular weight is 216 g/mol. The fourth-order valence-corrected chi connectivity index (χ4v) is 0.613. The van der Waals surface area contributed by atoms with Crippen LogP contribution in [0.25, 0.3) is 0 Å². The standard InChI is InChI=1S/C7H14B2O6/c1-3-8(11)13-7(5-6-10)14-15-9(12)4-2/h3-4,7,10-12H,1-2,5-6H2. The van der Waals surface area contributed by atoms with E-state index in [0.717, 1.165) is 12.0 Å². The zero-order valence-electron chi connectivity index (χ0n) is 8.28. The number of rotatable bonds is 9. The molecule has 0 aromatic heterocycles. The van der Waals surface area contributed by atoms with Crippen molar-refractivity contribution in [2.45, 2.75) is 12.7 Å². The molecule has 0 saturated carbocycles. The zero-order chi connectivity index (χ0) is 11.7. The fourth-order valence-electron chi connectivity index (χ4n) is 0.613. The summed E-state index contributed by atoms with van der Waals surface area (Å²) in [6.07, 6.45) is -0.924. The van der Waals surface area contributed by atoms with Crippen LogP contribution >= 0.6 is 0 Å². The van der Waals surface area contributed by atoms with Crippen LogP contribution in [0.15, 0.2) is 25.1 Å². The molecule has 8 heteroatoms. The minimum absolute atomic E-state index is 0.0781. The Balaban J connectivity index is 3.91. The summed E-state index contributed by atoms with van der Waals surface area (Å²) in [5, 5.41) is 26.6. The Labute approximate surface area is 89.0 Å². The SMILES string of the molecule is C=CB(O)OOC(CCO)OB(O)C=C. The Morgan fingerprint density at radius 3 is 2.27 bits per heavy atom. The molecule has 0 fully saturated rings. The summed E-state index contributed by atoms with van der Waals surface area (Å²) < 4.78 is 4.82. The highest BCUT2D eigenvalue weighted by Crippen LogP contribution is 2.03. The Morgan fingerprint density at radius 1 is 1.20 bits per heavy atom. The van der Waals surface area contributed by atoms with Gasteiger partial charge < -0.3 is 19.8 Å². The second-order valence-corrected chi connectivity index (χ2v) is 2.52. The number of hydrogen-bond donors (Lipinski definition) is 3. The minimum Gasteiger partial charge on any atom is -0.423 e. The molecule has 15 heavy (non-hydrogen) atoms. The van der Waals surface area contributed by atoms with Gasteiger partial charge in [-0.2, -0.15) is 0 Å². The maximum Gasteiger partial charge on any atom is 0.515 e. The molecule has 0 amide bonds. The van der Waals surface area contributed by atoms with Gasteiger partial charge in [-0.05, 0) is 0 Å². The number of hydrogen-bond acceptors (Lipinski definition) is 6.